The summed E-state index contributed by atoms with van der Waals surface area (Å²) in [5.41, 5.74) is 0.948. The number of benzene rings is 3. The highest BCUT2D eigenvalue weighted by atomic mass is 16.7. The third kappa shape index (κ3) is 4.27. The van der Waals surface area contributed by atoms with Crippen LogP contribution in [0.3, 0.4) is 0 Å². The molecule has 0 bridgehead atoms. The number of aryl methyl sites for hydroxylation is 1. The van der Waals surface area contributed by atoms with Gasteiger partial charge in [0.05, 0.1) is 0 Å². The van der Waals surface area contributed by atoms with E-state index < -0.39 is 12.1 Å². The molecule has 0 saturated heterocycles. The third-order valence-corrected chi connectivity index (χ3v) is 3.54. The molecular weight excluding hydrogens is 332 g/mol. The molecule has 26 heavy (non-hydrogen) atoms. The van der Waals surface area contributed by atoms with E-state index in [1.807, 2.05) is 19.1 Å². The van der Waals surface area contributed by atoms with Gasteiger partial charge in [0.25, 0.3) is 0 Å². The molecule has 0 N–H and O–H groups in total. The Kier molecular flexibility index (Phi) is 5.29. The zero-order valence-corrected chi connectivity index (χ0v) is 14.0. The molecule has 3 aromatic rings. The second kappa shape index (κ2) is 7.98. The smallest absolute Gasteiger partial charge is 0.423 e. The van der Waals surface area contributed by atoms with E-state index in [-0.39, 0.29) is 11.3 Å². The first-order valence-electron chi connectivity index (χ1n) is 7.95. The number of carbonyl (C=O) groups excluding carboxylic acids is 2. The van der Waals surface area contributed by atoms with Crippen molar-refractivity contribution in [3.05, 3.63) is 90.0 Å². The summed E-state index contributed by atoms with van der Waals surface area (Å²) in [7, 11) is 0. The SMILES string of the molecule is Cc1ccccc1OC(=O)c1ccccc1OC(=O)Oc1ccccc1. The topological polar surface area (TPSA) is 61.8 Å². The molecule has 0 unspecified atom stereocenters. The van der Waals surface area contributed by atoms with E-state index in [0.29, 0.717) is 11.5 Å². The second-order valence-corrected chi connectivity index (χ2v) is 5.42. The molecule has 0 amide bonds. The molecule has 0 atom stereocenters. The van der Waals surface area contributed by atoms with Crippen molar-refractivity contribution >= 4 is 12.1 Å². The first kappa shape index (κ1) is 17.2. The largest absolute Gasteiger partial charge is 0.519 e. The lowest BCUT2D eigenvalue weighted by Crippen LogP contribution is -2.17. The number of esters is 1. The van der Waals surface area contributed by atoms with E-state index in [1.165, 1.54) is 12.1 Å². The zero-order chi connectivity index (χ0) is 18.4. The van der Waals surface area contributed by atoms with Gasteiger partial charge in [-0.25, -0.2) is 9.59 Å². The highest BCUT2D eigenvalue weighted by molar-refractivity contribution is 5.94. The van der Waals surface area contributed by atoms with Crippen LogP contribution in [-0.2, 0) is 0 Å². The van der Waals surface area contributed by atoms with Crippen LogP contribution in [0.4, 0.5) is 4.79 Å². The summed E-state index contributed by atoms with van der Waals surface area (Å²) >= 11 is 0. The van der Waals surface area contributed by atoms with Gasteiger partial charge in [0.15, 0.2) is 0 Å². The number of para-hydroxylation sites is 3. The third-order valence-electron chi connectivity index (χ3n) is 3.54. The van der Waals surface area contributed by atoms with Crippen molar-refractivity contribution in [2.24, 2.45) is 0 Å². The van der Waals surface area contributed by atoms with Crippen LogP contribution in [0.25, 0.3) is 0 Å². The molecule has 0 fully saturated rings. The van der Waals surface area contributed by atoms with E-state index in [0.717, 1.165) is 5.56 Å². The van der Waals surface area contributed by atoms with Crippen LogP contribution in [0.15, 0.2) is 78.9 Å². The van der Waals surface area contributed by atoms with Gasteiger partial charge in [-0.15, -0.1) is 0 Å². The Balaban J connectivity index is 1.74. The molecule has 130 valence electrons. The Bertz CT molecular complexity index is 918. The van der Waals surface area contributed by atoms with Crippen LogP contribution in [0.2, 0.25) is 0 Å². The first-order valence-corrected chi connectivity index (χ1v) is 7.95. The van der Waals surface area contributed by atoms with Crippen molar-refractivity contribution in [3.8, 4) is 17.2 Å². The van der Waals surface area contributed by atoms with Crippen LogP contribution < -0.4 is 14.2 Å². The molecular formula is C21H16O5. The number of carbonyl (C=O) groups is 2. The van der Waals surface area contributed by atoms with Gasteiger partial charge < -0.3 is 14.2 Å². The Morgan fingerprint density at radius 1 is 0.654 bits per heavy atom. The Hall–Kier alpha value is -3.60. The van der Waals surface area contributed by atoms with Crippen molar-refractivity contribution in [1.82, 2.24) is 0 Å². The molecule has 3 aromatic carbocycles. The minimum Gasteiger partial charge on any atom is -0.423 e. The Morgan fingerprint density at radius 2 is 1.27 bits per heavy atom. The van der Waals surface area contributed by atoms with Crippen molar-refractivity contribution in [2.75, 3.05) is 0 Å². The molecule has 0 aromatic heterocycles. The minimum atomic E-state index is -0.938. The van der Waals surface area contributed by atoms with Gasteiger partial charge in [0.2, 0.25) is 0 Å². The maximum atomic E-state index is 12.5. The maximum absolute atomic E-state index is 12.5. The fourth-order valence-electron chi connectivity index (χ4n) is 2.25. The standard InChI is InChI=1S/C21H16O5/c1-15-9-5-7-13-18(15)25-20(22)17-12-6-8-14-19(17)26-21(23)24-16-10-3-2-4-11-16/h2-14H,1H3. The predicted octanol–water partition coefficient (Wildman–Crippen LogP) is 4.79. The van der Waals surface area contributed by atoms with Gasteiger partial charge in [0.1, 0.15) is 22.8 Å². The lowest BCUT2D eigenvalue weighted by Gasteiger charge is -2.11. The van der Waals surface area contributed by atoms with Crippen LogP contribution in [0.1, 0.15) is 15.9 Å². The molecule has 0 saturated carbocycles. The van der Waals surface area contributed by atoms with Crippen molar-refractivity contribution in [1.29, 1.82) is 0 Å². The summed E-state index contributed by atoms with van der Waals surface area (Å²) in [6.07, 6.45) is -0.938. The predicted molar refractivity (Wildman–Crippen MR) is 95.7 cm³/mol. The monoisotopic (exact) mass is 348 g/mol. The highest BCUT2D eigenvalue weighted by Gasteiger charge is 2.18. The van der Waals surface area contributed by atoms with Crippen LogP contribution >= 0.6 is 0 Å². The molecule has 5 heteroatoms. The van der Waals surface area contributed by atoms with E-state index in [2.05, 4.69) is 0 Å². The van der Waals surface area contributed by atoms with Crippen molar-refractivity contribution in [2.45, 2.75) is 6.92 Å². The van der Waals surface area contributed by atoms with E-state index in [4.69, 9.17) is 14.2 Å². The molecule has 0 aliphatic rings. The summed E-state index contributed by atoms with van der Waals surface area (Å²) in [6, 6.07) is 22.0. The number of hydrogen-bond donors (Lipinski definition) is 0. The minimum absolute atomic E-state index is 0.0621. The van der Waals surface area contributed by atoms with Gasteiger partial charge in [-0.3, -0.25) is 0 Å². The second-order valence-electron chi connectivity index (χ2n) is 5.42. The highest BCUT2D eigenvalue weighted by Crippen LogP contribution is 2.23. The first-order chi connectivity index (χ1) is 12.6. The molecule has 0 radical (unpaired) electrons. The van der Waals surface area contributed by atoms with Crippen LogP contribution in [-0.4, -0.2) is 12.1 Å². The molecule has 0 aliphatic heterocycles. The normalized spacial score (nSPS) is 10.0. The number of ether oxygens (including phenoxy) is 3. The van der Waals surface area contributed by atoms with Gasteiger partial charge in [-0.05, 0) is 42.8 Å². The van der Waals surface area contributed by atoms with E-state index in [9.17, 15) is 9.59 Å². The van der Waals surface area contributed by atoms with Gasteiger partial charge >= 0.3 is 12.1 Å². The van der Waals surface area contributed by atoms with Crippen LogP contribution in [0.5, 0.6) is 17.2 Å². The molecule has 5 nitrogen and oxygen atoms in total. The van der Waals surface area contributed by atoms with E-state index in [1.54, 1.807) is 54.6 Å². The lowest BCUT2D eigenvalue weighted by atomic mass is 10.2. The average Bonchev–Trinajstić information content (AvgIpc) is 2.65. The molecule has 0 aliphatic carbocycles. The Morgan fingerprint density at radius 3 is 2.00 bits per heavy atom. The van der Waals surface area contributed by atoms with Gasteiger partial charge in [-0.2, -0.15) is 0 Å². The zero-order valence-electron chi connectivity index (χ0n) is 14.0. The number of rotatable bonds is 4. The van der Waals surface area contributed by atoms with Gasteiger partial charge in [0, 0.05) is 0 Å². The lowest BCUT2D eigenvalue weighted by molar-refractivity contribution is 0.0730. The quantitative estimate of drug-likeness (QED) is 0.385. The molecule has 0 heterocycles. The summed E-state index contributed by atoms with van der Waals surface area (Å²) in [6.45, 7) is 1.84. The van der Waals surface area contributed by atoms with Crippen molar-refractivity contribution < 1.29 is 23.8 Å². The summed E-state index contributed by atoms with van der Waals surface area (Å²) in [5, 5.41) is 0. The van der Waals surface area contributed by atoms with Gasteiger partial charge in [-0.1, -0.05) is 48.5 Å². The maximum Gasteiger partial charge on any atom is 0.519 e. The number of hydrogen-bond acceptors (Lipinski definition) is 5. The Labute approximate surface area is 150 Å². The van der Waals surface area contributed by atoms with Crippen molar-refractivity contribution in [3.63, 3.8) is 0 Å². The fraction of sp³-hybridized carbons (Fsp3) is 0.0476. The van der Waals surface area contributed by atoms with E-state index >= 15 is 0 Å². The summed E-state index contributed by atoms with van der Waals surface area (Å²) < 4.78 is 15.7. The average molecular weight is 348 g/mol. The fourth-order valence-corrected chi connectivity index (χ4v) is 2.25. The molecule has 3 rings (SSSR count). The summed E-state index contributed by atoms with van der Waals surface area (Å²) in [5.74, 6) is 0.228. The van der Waals surface area contributed by atoms with Crippen LogP contribution in [0, 0.1) is 6.92 Å². The molecule has 0 spiro atoms. The summed E-state index contributed by atoms with van der Waals surface area (Å²) in [4.78, 5) is 24.4.